The zero-order valence-corrected chi connectivity index (χ0v) is 9.66. The predicted molar refractivity (Wildman–Crippen MR) is 58.3 cm³/mol. The van der Waals surface area contributed by atoms with Crippen molar-refractivity contribution in [2.45, 2.75) is 38.7 Å². The molecule has 1 rings (SSSR count). The van der Waals surface area contributed by atoms with Crippen molar-refractivity contribution >= 4 is 11.3 Å². The van der Waals surface area contributed by atoms with Crippen LogP contribution in [-0.2, 0) is 10.8 Å². The smallest absolute Gasteiger partial charge is 0.317 e. The van der Waals surface area contributed by atoms with E-state index in [2.05, 4.69) is 11.7 Å². The largest absolute Gasteiger partial charge is 0.384 e. The molecule has 1 nitrogen and oxygen atoms in total. The van der Waals surface area contributed by atoms with Crippen LogP contribution in [0.5, 0.6) is 0 Å². The van der Waals surface area contributed by atoms with Crippen LogP contribution in [0.2, 0.25) is 0 Å². The van der Waals surface area contributed by atoms with Gasteiger partial charge in [-0.25, -0.2) is 0 Å². The van der Waals surface area contributed by atoms with Gasteiger partial charge >= 0.3 is 6.11 Å². The normalized spacial score (nSPS) is 11.9. The molecule has 1 aromatic rings. The highest BCUT2D eigenvalue weighted by atomic mass is 32.1. The third-order valence-electron chi connectivity index (χ3n) is 2.14. The molecule has 0 aliphatic heterocycles. The molecule has 0 saturated heterocycles. The fourth-order valence-electron chi connectivity index (χ4n) is 1.24. The van der Waals surface area contributed by atoms with Crippen molar-refractivity contribution in [3.8, 4) is 0 Å². The maximum absolute atomic E-state index is 13.3. The van der Waals surface area contributed by atoms with Gasteiger partial charge in [-0.1, -0.05) is 26.2 Å². The molecule has 0 atom stereocenters. The van der Waals surface area contributed by atoms with E-state index in [9.17, 15) is 8.78 Å². The highest BCUT2D eigenvalue weighted by molar-refractivity contribution is 7.07. The molecular weight excluding hydrogens is 218 g/mol. The summed E-state index contributed by atoms with van der Waals surface area (Å²) in [5.41, 5.74) is -0.0389. The Balaban J connectivity index is 2.25. The predicted octanol–water partition coefficient (Wildman–Crippen LogP) is 4.39. The highest BCUT2D eigenvalue weighted by Crippen LogP contribution is 2.30. The minimum absolute atomic E-state index is 0.0389. The zero-order chi connectivity index (χ0) is 11.1. The Morgan fingerprint density at radius 2 is 2.13 bits per heavy atom. The number of hydrogen-bond donors (Lipinski definition) is 0. The van der Waals surface area contributed by atoms with Crippen LogP contribution in [0.25, 0.3) is 0 Å². The SMILES string of the molecule is CCCCCCOC(F)(F)c1ccsc1. The molecule has 0 aliphatic carbocycles. The second-order valence-electron chi connectivity index (χ2n) is 3.44. The average Bonchev–Trinajstić information content (AvgIpc) is 2.70. The molecule has 0 saturated carbocycles. The monoisotopic (exact) mass is 234 g/mol. The van der Waals surface area contributed by atoms with E-state index >= 15 is 0 Å². The molecule has 0 fully saturated rings. The number of halogens is 2. The van der Waals surface area contributed by atoms with Crippen LogP contribution in [0, 0.1) is 0 Å². The van der Waals surface area contributed by atoms with Gasteiger partial charge in [0, 0.05) is 5.38 Å². The summed E-state index contributed by atoms with van der Waals surface area (Å²) in [5, 5.41) is 3.05. The Labute approximate surface area is 93.1 Å². The van der Waals surface area contributed by atoms with E-state index in [4.69, 9.17) is 0 Å². The molecule has 4 heteroatoms. The lowest BCUT2D eigenvalue weighted by molar-refractivity contribution is -0.248. The average molecular weight is 234 g/mol. The van der Waals surface area contributed by atoms with Gasteiger partial charge in [-0.3, -0.25) is 0 Å². The maximum Gasteiger partial charge on any atom is 0.384 e. The topological polar surface area (TPSA) is 9.23 Å². The number of rotatable bonds is 7. The lowest BCUT2D eigenvalue weighted by atomic mass is 10.2. The second kappa shape index (κ2) is 6.18. The molecule has 1 aromatic heterocycles. The quantitative estimate of drug-likeness (QED) is 0.635. The Morgan fingerprint density at radius 3 is 2.73 bits per heavy atom. The van der Waals surface area contributed by atoms with E-state index in [-0.39, 0.29) is 12.2 Å². The lowest BCUT2D eigenvalue weighted by Gasteiger charge is -2.15. The summed E-state index contributed by atoms with van der Waals surface area (Å²) in [6.07, 6.45) is 0.713. The standard InChI is InChI=1S/C11H16F2OS/c1-2-3-4-5-7-14-11(12,13)10-6-8-15-9-10/h6,8-9H,2-5,7H2,1H3. The highest BCUT2D eigenvalue weighted by Gasteiger charge is 2.32. The Kier molecular flexibility index (Phi) is 5.19. The van der Waals surface area contributed by atoms with Gasteiger partial charge in [0.1, 0.15) is 0 Å². The Hall–Kier alpha value is -0.480. The van der Waals surface area contributed by atoms with Gasteiger partial charge in [0.05, 0.1) is 12.2 Å². The summed E-state index contributed by atoms with van der Waals surface area (Å²) in [5.74, 6) is 0. The van der Waals surface area contributed by atoms with Gasteiger partial charge in [-0.2, -0.15) is 20.1 Å². The van der Waals surface area contributed by atoms with E-state index in [1.807, 2.05) is 0 Å². The second-order valence-corrected chi connectivity index (χ2v) is 4.22. The molecule has 0 radical (unpaired) electrons. The fourth-order valence-corrected chi connectivity index (χ4v) is 1.91. The van der Waals surface area contributed by atoms with Gasteiger partial charge in [-0.15, -0.1) is 0 Å². The van der Waals surface area contributed by atoms with Crippen LogP contribution in [-0.4, -0.2) is 6.61 Å². The fraction of sp³-hybridized carbons (Fsp3) is 0.636. The minimum atomic E-state index is -3.12. The summed E-state index contributed by atoms with van der Waals surface area (Å²) in [7, 11) is 0. The van der Waals surface area contributed by atoms with E-state index in [0.717, 1.165) is 19.3 Å². The molecule has 0 aromatic carbocycles. The van der Waals surface area contributed by atoms with Crippen molar-refractivity contribution in [3.05, 3.63) is 22.4 Å². The van der Waals surface area contributed by atoms with Gasteiger partial charge in [0.25, 0.3) is 0 Å². The molecule has 15 heavy (non-hydrogen) atoms. The van der Waals surface area contributed by atoms with Crippen molar-refractivity contribution in [3.63, 3.8) is 0 Å². The molecule has 0 aliphatic rings. The third-order valence-corrected chi connectivity index (χ3v) is 2.82. The van der Waals surface area contributed by atoms with Gasteiger partial charge in [0.15, 0.2) is 0 Å². The van der Waals surface area contributed by atoms with Crippen LogP contribution in [0.3, 0.4) is 0 Å². The molecule has 1 heterocycles. The zero-order valence-electron chi connectivity index (χ0n) is 8.84. The van der Waals surface area contributed by atoms with Crippen molar-refractivity contribution < 1.29 is 13.5 Å². The van der Waals surface area contributed by atoms with E-state index in [1.54, 1.807) is 5.38 Å². The van der Waals surface area contributed by atoms with E-state index < -0.39 is 6.11 Å². The van der Waals surface area contributed by atoms with Gasteiger partial charge in [0.2, 0.25) is 0 Å². The first-order valence-electron chi connectivity index (χ1n) is 5.21. The maximum atomic E-state index is 13.3. The van der Waals surface area contributed by atoms with Crippen molar-refractivity contribution in [1.82, 2.24) is 0 Å². The van der Waals surface area contributed by atoms with E-state index in [0.29, 0.717) is 6.42 Å². The van der Waals surface area contributed by atoms with Crippen LogP contribution in [0.15, 0.2) is 16.8 Å². The van der Waals surface area contributed by atoms with Crippen molar-refractivity contribution in [2.24, 2.45) is 0 Å². The number of unbranched alkanes of at least 4 members (excludes halogenated alkanes) is 3. The minimum Gasteiger partial charge on any atom is -0.317 e. The molecule has 0 N–H and O–H groups in total. The van der Waals surface area contributed by atoms with Crippen LogP contribution in [0.4, 0.5) is 8.78 Å². The van der Waals surface area contributed by atoms with Gasteiger partial charge < -0.3 is 4.74 Å². The number of alkyl halides is 2. The van der Waals surface area contributed by atoms with Crippen LogP contribution >= 0.6 is 11.3 Å². The molecule has 0 bridgehead atoms. The molecule has 0 amide bonds. The molecule has 0 unspecified atom stereocenters. The van der Waals surface area contributed by atoms with Crippen molar-refractivity contribution in [2.75, 3.05) is 6.61 Å². The first kappa shape index (κ1) is 12.6. The molecule has 86 valence electrons. The molecular formula is C11H16F2OS. The number of thiophene rings is 1. The Bertz CT molecular complexity index is 260. The third kappa shape index (κ3) is 4.26. The van der Waals surface area contributed by atoms with Crippen LogP contribution < -0.4 is 0 Å². The van der Waals surface area contributed by atoms with Crippen LogP contribution in [0.1, 0.15) is 38.2 Å². The number of hydrogen-bond acceptors (Lipinski definition) is 2. The lowest BCUT2D eigenvalue weighted by Crippen LogP contribution is -2.18. The summed E-state index contributed by atoms with van der Waals surface area (Å²) in [4.78, 5) is 0. The van der Waals surface area contributed by atoms with E-state index in [1.165, 1.54) is 22.8 Å². The number of ether oxygens (including phenoxy) is 1. The summed E-state index contributed by atoms with van der Waals surface area (Å²) in [6.45, 7) is 2.21. The summed E-state index contributed by atoms with van der Waals surface area (Å²) >= 11 is 1.25. The van der Waals surface area contributed by atoms with Crippen molar-refractivity contribution in [1.29, 1.82) is 0 Å². The molecule has 0 spiro atoms. The Morgan fingerprint density at radius 1 is 1.33 bits per heavy atom. The first-order valence-corrected chi connectivity index (χ1v) is 6.15. The first-order chi connectivity index (χ1) is 7.17. The van der Waals surface area contributed by atoms with Gasteiger partial charge in [-0.05, 0) is 17.9 Å². The summed E-state index contributed by atoms with van der Waals surface area (Å²) < 4.78 is 31.2. The summed E-state index contributed by atoms with van der Waals surface area (Å²) in [6, 6.07) is 1.40.